The average Bonchev–Trinajstić information content (AvgIpc) is 3.29. The number of aryl methyl sites for hydroxylation is 1. The summed E-state index contributed by atoms with van der Waals surface area (Å²) >= 11 is 0. The first-order valence-electron chi connectivity index (χ1n) is 10.5. The number of nitrogens with one attached hydrogen (secondary N) is 1. The van der Waals surface area contributed by atoms with Crippen molar-refractivity contribution >= 4 is 5.91 Å². The number of ether oxygens (including phenoxy) is 2. The molecule has 4 rings (SSSR count). The van der Waals surface area contributed by atoms with Crippen molar-refractivity contribution < 1.29 is 18.8 Å². The SMILES string of the molecule is COc1ccccc1O[C@H](C)C(=O)NCc1ccc(-c2ncncc2-c2cc(C)no2)cc1. The van der Waals surface area contributed by atoms with Crippen LogP contribution in [-0.4, -0.2) is 34.2 Å². The highest BCUT2D eigenvalue weighted by atomic mass is 16.5. The number of methoxy groups -OCH3 is 1. The average molecular weight is 444 g/mol. The summed E-state index contributed by atoms with van der Waals surface area (Å²) in [6.45, 7) is 3.94. The van der Waals surface area contributed by atoms with Crippen LogP contribution < -0.4 is 14.8 Å². The molecule has 0 unspecified atom stereocenters. The van der Waals surface area contributed by atoms with Crippen LogP contribution in [0, 0.1) is 6.92 Å². The van der Waals surface area contributed by atoms with Crippen molar-refractivity contribution in [1.82, 2.24) is 20.4 Å². The second-order valence-electron chi connectivity index (χ2n) is 7.44. The molecule has 0 saturated carbocycles. The van der Waals surface area contributed by atoms with E-state index in [0.717, 1.165) is 28.1 Å². The van der Waals surface area contributed by atoms with Crippen LogP contribution in [0.1, 0.15) is 18.2 Å². The zero-order chi connectivity index (χ0) is 23.2. The Balaban J connectivity index is 1.40. The van der Waals surface area contributed by atoms with E-state index in [1.54, 1.807) is 32.4 Å². The number of benzene rings is 2. The van der Waals surface area contributed by atoms with E-state index in [1.807, 2.05) is 49.4 Å². The summed E-state index contributed by atoms with van der Waals surface area (Å²) in [5, 5.41) is 6.85. The third-order valence-electron chi connectivity index (χ3n) is 5.04. The lowest BCUT2D eigenvalue weighted by atomic mass is 10.0. The summed E-state index contributed by atoms with van der Waals surface area (Å²) in [5.74, 6) is 1.50. The van der Waals surface area contributed by atoms with Crippen LogP contribution in [0.4, 0.5) is 0 Å². The molecule has 0 bridgehead atoms. The van der Waals surface area contributed by atoms with Gasteiger partial charge in [-0.25, -0.2) is 9.97 Å². The quantitative estimate of drug-likeness (QED) is 0.435. The van der Waals surface area contributed by atoms with Crippen LogP contribution in [0.5, 0.6) is 11.5 Å². The minimum Gasteiger partial charge on any atom is -0.493 e. The lowest BCUT2D eigenvalue weighted by Gasteiger charge is -2.16. The number of aromatic nitrogens is 3. The highest BCUT2D eigenvalue weighted by Gasteiger charge is 2.17. The molecule has 33 heavy (non-hydrogen) atoms. The second kappa shape index (κ2) is 9.95. The van der Waals surface area contributed by atoms with E-state index in [1.165, 1.54) is 6.33 Å². The Morgan fingerprint density at radius 3 is 2.58 bits per heavy atom. The third kappa shape index (κ3) is 5.17. The molecule has 168 valence electrons. The molecule has 8 heteroatoms. The molecule has 0 spiro atoms. The number of para-hydroxylation sites is 2. The van der Waals surface area contributed by atoms with E-state index < -0.39 is 6.10 Å². The van der Waals surface area contributed by atoms with E-state index in [0.29, 0.717) is 23.8 Å². The molecule has 0 aliphatic rings. The van der Waals surface area contributed by atoms with Crippen molar-refractivity contribution in [3.63, 3.8) is 0 Å². The first-order chi connectivity index (χ1) is 16.0. The van der Waals surface area contributed by atoms with Gasteiger partial charge in [0.1, 0.15) is 6.33 Å². The first-order valence-corrected chi connectivity index (χ1v) is 10.5. The number of hydrogen-bond acceptors (Lipinski definition) is 7. The van der Waals surface area contributed by atoms with Crippen LogP contribution in [0.2, 0.25) is 0 Å². The molecule has 0 saturated heterocycles. The van der Waals surface area contributed by atoms with Crippen LogP contribution in [0.15, 0.2) is 71.6 Å². The maximum absolute atomic E-state index is 12.5. The minimum atomic E-state index is -0.672. The maximum atomic E-state index is 12.5. The standard InChI is InChI=1S/C25H24N4O4/c1-16-12-23(33-29-16)20-14-26-15-28-24(20)19-10-8-18(9-11-19)13-27-25(30)17(2)32-22-7-5-4-6-21(22)31-3/h4-12,14-15,17H,13H2,1-3H3,(H,27,30)/t17-/m1/s1. The van der Waals surface area contributed by atoms with E-state index in [9.17, 15) is 4.79 Å². The lowest BCUT2D eigenvalue weighted by molar-refractivity contribution is -0.127. The molecule has 1 N–H and O–H groups in total. The van der Waals surface area contributed by atoms with Gasteiger partial charge in [-0.3, -0.25) is 4.79 Å². The van der Waals surface area contributed by atoms with Crippen LogP contribution in [0.25, 0.3) is 22.6 Å². The Labute approximate surface area is 191 Å². The normalized spacial score (nSPS) is 11.6. The molecule has 4 aromatic rings. The van der Waals surface area contributed by atoms with Crippen molar-refractivity contribution in [1.29, 1.82) is 0 Å². The summed E-state index contributed by atoms with van der Waals surface area (Å²) in [5.41, 5.74) is 4.15. The maximum Gasteiger partial charge on any atom is 0.261 e. The fourth-order valence-corrected chi connectivity index (χ4v) is 3.30. The molecule has 0 radical (unpaired) electrons. The largest absolute Gasteiger partial charge is 0.493 e. The Morgan fingerprint density at radius 2 is 1.88 bits per heavy atom. The van der Waals surface area contributed by atoms with Gasteiger partial charge in [0.2, 0.25) is 0 Å². The Morgan fingerprint density at radius 1 is 1.12 bits per heavy atom. The number of hydrogen-bond donors (Lipinski definition) is 1. The zero-order valence-electron chi connectivity index (χ0n) is 18.6. The molecule has 0 fully saturated rings. The van der Waals surface area contributed by atoms with E-state index in [-0.39, 0.29) is 5.91 Å². The molecule has 2 aromatic heterocycles. The molecule has 0 aliphatic carbocycles. The van der Waals surface area contributed by atoms with Crippen LogP contribution in [-0.2, 0) is 11.3 Å². The van der Waals surface area contributed by atoms with Gasteiger partial charge in [0, 0.05) is 24.4 Å². The Bertz CT molecular complexity index is 1240. The number of nitrogens with zero attached hydrogens (tertiary/aromatic N) is 3. The Hall–Kier alpha value is -4.20. The molecular formula is C25H24N4O4. The van der Waals surface area contributed by atoms with Crippen LogP contribution in [0.3, 0.4) is 0 Å². The Kier molecular flexibility index (Phi) is 6.64. The predicted octanol–water partition coefficient (Wildman–Crippen LogP) is 4.20. The van der Waals surface area contributed by atoms with Crippen molar-refractivity contribution in [2.75, 3.05) is 7.11 Å². The molecule has 1 atom stereocenters. The van der Waals surface area contributed by atoms with E-state index in [2.05, 4.69) is 20.4 Å². The lowest BCUT2D eigenvalue weighted by Crippen LogP contribution is -2.35. The minimum absolute atomic E-state index is 0.219. The van der Waals surface area contributed by atoms with Gasteiger partial charge in [-0.05, 0) is 31.5 Å². The first kappa shape index (κ1) is 22.0. The molecule has 2 aromatic carbocycles. The molecule has 0 aliphatic heterocycles. The van der Waals surface area contributed by atoms with Crippen molar-refractivity contribution in [2.24, 2.45) is 0 Å². The van der Waals surface area contributed by atoms with Gasteiger partial charge in [-0.2, -0.15) is 0 Å². The van der Waals surface area contributed by atoms with Gasteiger partial charge >= 0.3 is 0 Å². The highest BCUT2D eigenvalue weighted by molar-refractivity contribution is 5.81. The third-order valence-corrected chi connectivity index (χ3v) is 5.04. The summed E-state index contributed by atoms with van der Waals surface area (Å²) in [7, 11) is 1.56. The molecule has 1 amide bonds. The summed E-state index contributed by atoms with van der Waals surface area (Å²) < 4.78 is 16.4. The highest BCUT2D eigenvalue weighted by Crippen LogP contribution is 2.30. The fraction of sp³-hybridized carbons (Fsp3) is 0.200. The second-order valence-corrected chi connectivity index (χ2v) is 7.44. The number of carbonyl (C=O) groups is 1. The van der Waals surface area contributed by atoms with Gasteiger partial charge in [0.05, 0.1) is 24.1 Å². The number of amides is 1. The van der Waals surface area contributed by atoms with Gasteiger partial charge in [0.15, 0.2) is 23.4 Å². The monoisotopic (exact) mass is 444 g/mol. The smallest absolute Gasteiger partial charge is 0.261 e. The van der Waals surface area contributed by atoms with Crippen molar-refractivity contribution in [3.05, 3.63) is 78.4 Å². The summed E-state index contributed by atoms with van der Waals surface area (Å²) in [6.07, 6.45) is 2.54. The number of rotatable bonds is 8. The fourth-order valence-electron chi connectivity index (χ4n) is 3.30. The zero-order valence-corrected chi connectivity index (χ0v) is 18.6. The van der Waals surface area contributed by atoms with Gasteiger partial charge in [-0.1, -0.05) is 41.6 Å². The van der Waals surface area contributed by atoms with Gasteiger partial charge < -0.3 is 19.3 Å². The molecular weight excluding hydrogens is 420 g/mol. The van der Waals surface area contributed by atoms with Crippen molar-refractivity contribution in [2.45, 2.75) is 26.5 Å². The van der Waals surface area contributed by atoms with E-state index in [4.69, 9.17) is 14.0 Å². The van der Waals surface area contributed by atoms with Gasteiger partial charge in [0.25, 0.3) is 5.91 Å². The van der Waals surface area contributed by atoms with Crippen LogP contribution >= 0.6 is 0 Å². The molecule has 8 nitrogen and oxygen atoms in total. The van der Waals surface area contributed by atoms with Crippen molar-refractivity contribution in [3.8, 4) is 34.1 Å². The van der Waals surface area contributed by atoms with E-state index >= 15 is 0 Å². The predicted molar refractivity (Wildman–Crippen MR) is 123 cm³/mol. The topological polar surface area (TPSA) is 99.4 Å². The summed E-state index contributed by atoms with van der Waals surface area (Å²) in [4.78, 5) is 21.0. The molecule has 2 heterocycles. The number of carbonyl (C=O) groups excluding carboxylic acids is 1. The summed E-state index contributed by atoms with van der Waals surface area (Å²) in [6, 6.07) is 16.9. The van der Waals surface area contributed by atoms with Gasteiger partial charge in [-0.15, -0.1) is 0 Å².